The third kappa shape index (κ3) is 3.83. The Kier molecular flexibility index (Phi) is 5.49. The topological polar surface area (TPSA) is 65.7 Å². The lowest BCUT2D eigenvalue weighted by Crippen LogP contribution is -2.17. The summed E-state index contributed by atoms with van der Waals surface area (Å²) in [6.07, 6.45) is 1.36. The molecule has 0 aliphatic carbocycles. The van der Waals surface area contributed by atoms with E-state index in [1.165, 1.54) is 19.4 Å². The molecular formula is C21H18O5. The highest BCUT2D eigenvalue weighted by atomic mass is 16.5. The smallest absolute Gasteiger partial charge is 0.341 e. The first-order valence-electron chi connectivity index (χ1n) is 8.12. The van der Waals surface area contributed by atoms with Crippen molar-refractivity contribution < 1.29 is 23.5 Å². The first-order chi connectivity index (χ1) is 12.7. The molecule has 0 aliphatic rings. The molecule has 132 valence electrons. The number of esters is 2. The Morgan fingerprint density at radius 2 is 1.50 bits per heavy atom. The maximum atomic E-state index is 12.8. The Balaban J connectivity index is 1.81. The average molecular weight is 350 g/mol. The van der Waals surface area contributed by atoms with Gasteiger partial charge in [-0.1, -0.05) is 60.7 Å². The summed E-state index contributed by atoms with van der Waals surface area (Å²) in [7, 11) is 1.28. The summed E-state index contributed by atoms with van der Waals surface area (Å²) in [5.74, 6) is -1.26. The third-order valence-electron chi connectivity index (χ3n) is 4.00. The lowest BCUT2D eigenvalue weighted by molar-refractivity contribution is -0.146. The van der Waals surface area contributed by atoms with Crippen LogP contribution in [0.1, 0.15) is 33.2 Å². The highest BCUT2D eigenvalue weighted by Gasteiger charge is 2.25. The number of rotatable bonds is 6. The molecule has 0 bridgehead atoms. The van der Waals surface area contributed by atoms with Gasteiger partial charge in [0.15, 0.2) is 5.76 Å². The number of methoxy groups -OCH3 is 1. The van der Waals surface area contributed by atoms with Crippen LogP contribution < -0.4 is 0 Å². The summed E-state index contributed by atoms with van der Waals surface area (Å²) in [6.45, 7) is -0.146. The van der Waals surface area contributed by atoms with Crippen LogP contribution in [0.2, 0.25) is 0 Å². The van der Waals surface area contributed by atoms with Gasteiger partial charge >= 0.3 is 11.9 Å². The second-order valence-corrected chi connectivity index (χ2v) is 5.61. The number of furan rings is 1. The Morgan fingerprint density at radius 3 is 2.04 bits per heavy atom. The van der Waals surface area contributed by atoms with Gasteiger partial charge in [-0.2, -0.15) is 0 Å². The first-order valence-corrected chi connectivity index (χ1v) is 8.12. The second-order valence-electron chi connectivity index (χ2n) is 5.61. The summed E-state index contributed by atoms with van der Waals surface area (Å²) in [5, 5.41) is 0. The molecule has 0 atom stereocenters. The Hall–Kier alpha value is -3.34. The van der Waals surface area contributed by atoms with E-state index in [1.807, 2.05) is 60.7 Å². The maximum absolute atomic E-state index is 12.8. The van der Waals surface area contributed by atoms with E-state index in [2.05, 4.69) is 4.74 Å². The standard InChI is InChI=1S/C21H18O5/c1-24-20(22)17-12-13-25-18(17)14-26-21(23)19(15-8-4-2-5-9-15)16-10-6-3-7-11-16/h2-13,19H,14H2,1H3. The van der Waals surface area contributed by atoms with Crippen LogP contribution in [-0.4, -0.2) is 19.0 Å². The fourth-order valence-corrected chi connectivity index (χ4v) is 2.72. The van der Waals surface area contributed by atoms with Crippen LogP contribution >= 0.6 is 0 Å². The van der Waals surface area contributed by atoms with Gasteiger partial charge in [-0.3, -0.25) is 4.79 Å². The van der Waals surface area contributed by atoms with Crippen LogP contribution in [0.4, 0.5) is 0 Å². The van der Waals surface area contributed by atoms with Gasteiger partial charge in [-0.25, -0.2) is 4.79 Å². The normalized spacial score (nSPS) is 10.5. The van der Waals surface area contributed by atoms with E-state index in [0.29, 0.717) is 0 Å². The molecule has 0 spiro atoms. The zero-order chi connectivity index (χ0) is 18.4. The van der Waals surface area contributed by atoms with Crippen molar-refractivity contribution in [2.24, 2.45) is 0 Å². The van der Waals surface area contributed by atoms with Crippen molar-refractivity contribution in [3.05, 3.63) is 95.4 Å². The highest BCUT2D eigenvalue weighted by Crippen LogP contribution is 2.26. The van der Waals surface area contributed by atoms with Crippen molar-refractivity contribution in [3.63, 3.8) is 0 Å². The summed E-state index contributed by atoms with van der Waals surface area (Å²) >= 11 is 0. The van der Waals surface area contributed by atoms with Gasteiger partial charge in [0, 0.05) is 0 Å². The fraction of sp³-hybridized carbons (Fsp3) is 0.143. The van der Waals surface area contributed by atoms with Crippen molar-refractivity contribution in [3.8, 4) is 0 Å². The molecule has 0 amide bonds. The largest absolute Gasteiger partial charge is 0.465 e. The van der Waals surface area contributed by atoms with Crippen LogP contribution in [0.3, 0.4) is 0 Å². The predicted octanol–water partition coefficient (Wildman–Crippen LogP) is 3.94. The molecule has 0 saturated heterocycles. The van der Waals surface area contributed by atoms with E-state index in [0.717, 1.165) is 11.1 Å². The number of hydrogen-bond donors (Lipinski definition) is 0. The van der Waals surface area contributed by atoms with Gasteiger partial charge in [0.25, 0.3) is 0 Å². The van der Waals surface area contributed by atoms with Crippen molar-refractivity contribution in [2.75, 3.05) is 7.11 Å². The second kappa shape index (κ2) is 8.16. The SMILES string of the molecule is COC(=O)c1ccoc1COC(=O)C(c1ccccc1)c1ccccc1. The number of benzene rings is 2. The Bertz CT molecular complexity index is 828. The molecule has 1 heterocycles. The fourth-order valence-electron chi connectivity index (χ4n) is 2.72. The summed E-state index contributed by atoms with van der Waals surface area (Å²) < 4.78 is 15.4. The zero-order valence-corrected chi connectivity index (χ0v) is 14.3. The van der Waals surface area contributed by atoms with E-state index < -0.39 is 17.9 Å². The summed E-state index contributed by atoms with van der Waals surface area (Å²) in [4.78, 5) is 24.5. The summed E-state index contributed by atoms with van der Waals surface area (Å²) in [5.41, 5.74) is 1.91. The minimum absolute atomic E-state index is 0.146. The lowest BCUT2D eigenvalue weighted by Gasteiger charge is -2.16. The molecule has 0 unspecified atom stereocenters. The predicted molar refractivity (Wildman–Crippen MR) is 94.6 cm³/mol. The Morgan fingerprint density at radius 1 is 0.923 bits per heavy atom. The molecule has 0 saturated carbocycles. The molecule has 0 fully saturated rings. The molecule has 26 heavy (non-hydrogen) atoms. The van der Waals surface area contributed by atoms with E-state index in [9.17, 15) is 9.59 Å². The molecule has 2 aromatic carbocycles. The van der Waals surface area contributed by atoms with E-state index >= 15 is 0 Å². The van der Waals surface area contributed by atoms with Crippen molar-refractivity contribution in [1.82, 2.24) is 0 Å². The number of ether oxygens (including phenoxy) is 2. The van der Waals surface area contributed by atoms with Gasteiger partial charge in [0.05, 0.1) is 13.4 Å². The van der Waals surface area contributed by atoms with E-state index in [4.69, 9.17) is 9.15 Å². The first kappa shape index (κ1) is 17.5. The monoisotopic (exact) mass is 350 g/mol. The molecule has 5 nitrogen and oxygen atoms in total. The molecule has 5 heteroatoms. The van der Waals surface area contributed by atoms with Gasteiger partial charge in [0.2, 0.25) is 0 Å². The quantitative estimate of drug-likeness (QED) is 0.630. The van der Waals surface area contributed by atoms with Crippen LogP contribution in [0.15, 0.2) is 77.4 Å². The van der Waals surface area contributed by atoms with Crippen LogP contribution in [-0.2, 0) is 20.9 Å². The third-order valence-corrected chi connectivity index (χ3v) is 4.00. The van der Waals surface area contributed by atoms with Crippen LogP contribution in [0, 0.1) is 0 Å². The minimum Gasteiger partial charge on any atom is -0.465 e. The maximum Gasteiger partial charge on any atom is 0.341 e. The van der Waals surface area contributed by atoms with Gasteiger partial charge in [0.1, 0.15) is 18.1 Å². The van der Waals surface area contributed by atoms with Gasteiger partial charge in [-0.05, 0) is 17.2 Å². The molecular weight excluding hydrogens is 332 g/mol. The van der Waals surface area contributed by atoms with E-state index in [-0.39, 0.29) is 17.9 Å². The van der Waals surface area contributed by atoms with E-state index in [1.54, 1.807) is 0 Å². The van der Waals surface area contributed by atoms with Crippen LogP contribution in [0.5, 0.6) is 0 Å². The van der Waals surface area contributed by atoms with Gasteiger partial charge in [-0.15, -0.1) is 0 Å². The highest BCUT2D eigenvalue weighted by molar-refractivity contribution is 5.90. The number of carbonyl (C=O) groups is 2. The summed E-state index contributed by atoms with van der Waals surface area (Å²) in [6, 6.07) is 20.3. The molecule has 3 aromatic rings. The average Bonchev–Trinajstić information content (AvgIpc) is 3.16. The lowest BCUT2D eigenvalue weighted by atomic mass is 9.91. The van der Waals surface area contributed by atoms with Crippen LogP contribution in [0.25, 0.3) is 0 Å². The van der Waals surface area contributed by atoms with Crippen molar-refractivity contribution >= 4 is 11.9 Å². The molecule has 0 N–H and O–H groups in total. The number of hydrogen-bond acceptors (Lipinski definition) is 5. The molecule has 1 aromatic heterocycles. The Labute approximate surface area is 151 Å². The molecule has 0 aliphatic heterocycles. The zero-order valence-electron chi connectivity index (χ0n) is 14.3. The number of carbonyl (C=O) groups excluding carboxylic acids is 2. The molecule has 0 radical (unpaired) electrons. The minimum atomic E-state index is -0.561. The van der Waals surface area contributed by atoms with Gasteiger partial charge < -0.3 is 13.9 Å². The van der Waals surface area contributed by atoms with Crippen molar-refractivity contribution in [2.45, 2.75) is 12.5 Å². The van der Waals surface area contributed by atoms with Crippen molar-refractivity contribution in [1.29, 1.82) is 0 Å². The molecule has 3 rings (SSSR count).